The molecule has 3 unspecified atom stereocenters. The average molecular weight is 270 g/mol. The Bertz CT molecular complexity index is 242. The molecule has 2 N–H and O–H groups in total. The van der Waals surface area contributed by atoms with Crippen molar-refractivity contribution in [2.45, 2.75) is 63.6 Å². The third-order valence-corrected chi connectivity index (χ3v) is 4.47. The van der Waals surface area contributed by atoms with Crippen molar-refractivity contribution in [2.75, 3.05) is 32.8 Å². The van der Waals surface area contributed by atoms with Crippen LogP contribution in [0.2, 0.25) is 0 Å². The van der Waals surface area contributed by atoms with Gasteiger partial charge in [-0.15, -0.1) is 0 Å². The van der Waals surface area contributed by atoms with E-state index in [0.29, 0.717) is 18.2 Å². The minimum Gasteiger partial charge on any atom is -0.395 e. The SMILES string of the molecule is CCCC1CC(N(CCO)CC2CCCN2)CCO1. The largest absolute Gasteiger partial charge is 0.395 e. The Morgan fingerprint density at radius 1 is 1.37 bits per heavy atom. The summed E-state index contributed by atoms with van der Waals surface area (Å²) in [6.45, 7) is 6.43. The summed E-state index contributed by atoms with van der Waals surface area (Å²) >= 11 is 0. The van der Waals surface area contributed by atoms with Crippen LogP contribution in [-0.4, -0.2) is 61.0 Å². The van der Waals surface area contributed by atoms with E-state index in [1.807, 2.05) is 0 Å². The molecule has 0 radical (unpaired) electrons. The molecule has 0 amide bonds. The molecule has 112 valence electrons. The topological polar surface area (TPSA) is 44.7 Å². The van der Waals surface area contributed by atoms with Crippen molar-refractivity contribution >= 4 is 0 Å². The summed E-state index contributed by atoms with van der Waals surface area (Å²) < 4.78 is 5.84. The van der Waals surface area contributed by atoms with E-state index in [9.17, 15) is 5.11 Å². The minimum atomic E-state index is 0.266. The molecule has 2 fully saturated rings. The Morgan fingerprint density at radius 3 is 2.95 bits per heavy atom. The highest BCUT2D eigenvalue weighted by atomic mass is 16.5. The van der Waals surface area contributed by atoms with Gasteiger partial charge in [-0.2, -0.15) is 0 Å². The van der Waals surface area contributed by atoms with E-state index in [1.165, 1.54) is 25.7 Å². The van der Waals surface area contributed by atoms with Gasteiger partial charge in [-0.05, 0) is 38.6 Å². The van der Waals surface area contributed by atoms with E-state index < -0.39 is 0 Å². The molecule has 19 heavy (non-hydrogen) atoms. The zero-order valence-electron chi connectivity index (χ0n) is 12.3. The van der Waals surface area contributed by atoms with Gasteiger partial charge in [0.25, 0.3) is 0 Å². The maximum atomic E-state index is 9.32. The molecule has 0 saturated carbocycles. The average Bonchev–Trinajstić information content (AvgIpc) is 2.92. The minimum absolute atomic E-state index is 0.266. The summed E-state index contributed by atoms with van der Waals surface area (Å²) in [4.78, 5) is 2.49. The van der Waals surface area contributed by atoms with Crippen molar-refractivity contribution < 1.29 is 9.84 Å². The second-order valence-corrected chi connectivity index (χ2v) is 5.97. The molecule has 2 aliphatic heterocycles. The summed E-state index contributed by atoms with van der Waals surface area (Å²) in [5.41, 5.74) is 0. The number of hydrogen-bond acceptors (Lipinski definition) is 4. The standard InChI is InChI=1S/C15H30N2O2/c1-2-4-15-11-14(6-10-19-15)17(8-9-18)12-13-5-3-7-16-13/h13-16,18H,2-12H2,1H3. The third kappa shape index (κ3) is 4.71. The first-order chi connectivity index (χ1) is 9.33. The second kappa shape index (κ2) is 8.20. The van der Waals surface area contributed by atoms with E-state index in [1.54, 1.807) is 0 Å². The molecule has 2 rings (SSSR count). The summed E-state index contributed by atoms with van der Waals surface area (Å²) in [7, 11) is 0. The fourth-order valence-electron chi connectivity index (χ4n) is 3.46. The Morgan fingerprint density at radius 2 is 2.26 bits per heavy atom. The van der Waals surface area contributed by atoms with Gasteiger partial charge in [-0.3, -0.25) is 4.90 Å². The van der Waals surface area contributed by atoms with Crippen LogP contribution in [0.3, 0.4) is 0 Å². The maximum Gasteiger partial charge on any atom is 0.0590 e. The van der Waals surface area contributed by atoms with Gasteiger partial charge in [0, 0.05) is 31.8 Å². The van der Waals surface area contributed by atoms with Crippen LogP contribution in [0.15, 0.2) is 0 Å². The van der Waals surface area contributed by atoms with Gasteiger partial charge in [0.2, 0.25) is 0 Å². The maximum absolute atomic E-state index is 9.32. The van der Waals surface area contributed by atoms with Crippen molar-refractivity contribution in [3.8, 4) is 0 Å². The molecule has 2 aliphatic rings. The van der Waals surface area contributed by atoms with E-state index in [0.717, 1.165) is 39.1 Å². The van der Waals surface area contributed by atoms with Crippen molar-refractivity contribution in [3.63, 3.8) is 0 Å². The smallest absolute Gasteiger partial charge is 0.0590 e. The Kier molecular flexibility index (Phi) is 6.57. The van der Waals surface area contributed by atoms with Gasteiger partial charge in [0.15, 0.2) is 0 Å². The van der Waals surface area contributed by atoms with Gasteiger partial charge in [0.05, 0.1) is 12.7 Å². The second-order valence-electron chi connectivity index (χ2n) is 5.97. The fourth-order valence-corrected chi connectivity index (χ4v) is 3.46. The Balaban J connectivity index is 1.85. The molecular weight excluding hydrogens is 240 g/mol. The molecule has 0 bridgehead atoms. The molecule has 2 heterocycles. The summed E-state index contributed by atoms with van der Waals surface area (Å²) in [6, 6.07) is 1.22. The van der Waals surface area contributed by atoms with Crippen LogP contribution in [-0.2, 0) is 4.74 Å². The monoisotopic (exact) mass is 270 g/mol. The molecule has 0 aromatic carbocycles. The van der Waals surface area contributed by atoms with Gasteiger partial charge in [0.1, 0.15) is 0 Å². The number of nitrogens with zero attached hydrogens (tertiary/aromatic N) is 1. The highest BCUT2D eigenvalue weighted by Gasteiger charge is 2.28. The lowest BCUT2D eigenvalue weighted by Crippen LogP contribution is -2.48. The van der Waals surface area contributed by atoms with E-state index in [2.05, 4.69) is 17.1 Å². The van der Waals surface area contributed by atoms with Crippen molar-refractivity contribution in [3.05, 3.63) is 0 Å². The van der Waals surface area contributed by atoms with Gasteiger partial charge >= 0.3 is 0 Å². The number of aliphatic hydroxyl groups is 1. The number of aliphatic hydroxyl groups excluding tert-OH is 1. The zero-order chi connectivity index (χ0) is 13.5. The third-order valence-electron chi connectivity index (χ3n) is 4.47. The van der Waals surface area contributed by atoms with Crippen molar-refractivity contribution in [1.82, 2.24) is 10.2 Å². The highest BCUT2D eigenvalue weighted by Crippen LogP contribution is 2.23. The lowest BCUT2D eigenvalue weighted by atomic mass is 9.98. The van der Waals surface area contributed by atoms with Crippen LogP contribution in [0, 0.1) is 0 Å². The number of rotatable bonds is 7. The predicted octanol–water partition coefficient (Wildman–Crippen LogP) is 1.38. The quantitative estimate of drug-likeness (QED) is 0.733. The molecule has 0 aromatic rings. The molecule has 0 aromatic heterocycles. The predicted molar refractivity (Wildman–Crippen MR) is 77.4 cm³/mol. The fraction of sp³-hybridized carbons (Fsp3) is 1.00. The number of hydrogen-bond donors (Lipinski definition) is 2. The van der Waals surface area contributed by atoms with Crippen LogP contribution in [0.5, 0.6) is 0 Å². The molecule has 0 aliphatic carbocycles. The summed E-state index contributed by atoms with van der Waals surface area (Å²) in [6.07, 6.45) is 7.63. The molecule has 3 atom stereocenters. The van der Waals surface area contributed by atoms with Gasteiger partial charge in [-0.1, -0.05) is 13.3 Å². The zero-order valence-corrected chi connectivity index (χ0v) is 12.3. The lowest BCUT2D eigenvalue weighted by Gasteiger charge is -2.38. The van der Waals surface area contributed by atoms with Crippen molar-refractivity contribution in [2.24, 2.45) is 0 Å². The molecular formula is C15H30N2O2. The van der Waals surface area contributed by atoms with Crippen LogP contribution in [0.1, 0.15) is 45.4 Å². The van der Waals surface area contributed by atoms with Crippen LogP contribution in [0.25, 0.3) is 0 Å². The van der Waals surface area contributed by atoms with E-state index in [4.69, 9.17) is 4.74 Å². The Hall–Kier alpha value is -0.160. The summed E-state index contributed by atoms with van der Waals surface area (Å²) in [5.74, 6) is 0. The lowest BCUT2D eigenvalue weighted by molar-refractivity contribution is -0.0346. The van der Waals surface area contributed by atoms with E-state index >= 15 is 0 Å². The first-order valence-electron chi connectivity index (χ1n) is 8.03. The molecule has 0 spiro atoms. The first kappa shape index (κ1) is 15.2. The van der Waals surface area contributed by atoms with Crippen LogP contribution >= 0.6 is 0 Å². The summed E-state index contributed by atoms with van der Waals surface area (Å²) in [5, 5.41) is 12.9. The number of nitrogens with one attached hydrogen (secondary N) is 1. The van der Waals surface area contributed by atoms with E-state index in [-0.39, 0.29) is 6.61 Å². The molecule has 4 nitrogen and oxygen atoms in total. The van der Waals surface area contributed by atoms with Gasteiger partial charge < -0.3 is 15.2 Å². The Labute approximate surface area is 117 Å². The van der Waals surface area contributed by atoms with Crippen LogP contribution < -0.4 is 5.32 Å². The van der Waals surface area contributed by atoms with Crippen molar-refractivity contribution in [1.29, 1.82) is 0 Å². The number of ether oxygens (including phenoxy) is 1. The molecule has 2 saturated heterocycles. The highest BCUT2D eigenvalue weighted by molar-refractivity contribution is 4.84. The van der Waals surface area contributed by atoms with Gasteiger partial charge in [-0.25, -0.2) is 0 Å². The normalized spacial score (nSPS) is 32.1. The van der Waals surface area contributed by atoms with Crippen LogP contribution in [0.4, 0.5) is 0 Å². The first-order valence-corrected chi connectivity index (χ1v) is 8.03. The molecule has 4 heteroatoms.